The van der Waals surface area contributed by atoms with Crippen LogP contribution in [-0.2, 0) is 20.2 Å². The van der Waals surface area contributed by atoms with Gasteiger partial charge in [0.15, 0.2) is 0 Å². The van der Waals surface area contributed by atoms with Gasteiger partial charge in [0.25, 0.3) is 0 Å². The van der Waals surface area contributed by atoms with E-state index in [1.807, 2.05) is 12.1 Å². The molecule has 0 spiro atoms. The van der Waals surface area contributed by atoms with Gasteiger partial charge in [-0.2, -0.15) is 4.31 Å². The molecule has 2 aliphatic rings. The van der Waals surface area contributed by atoms with E-state index in [9.17, 15) is 12.8 Å². The lowest BCUT2D eigenvalue weighted by Gasteiger charge is -2.38. The maximum Gasteiger partial charge on any atom is 0.244 e. The minimum Gasteiger partial charge on any atom is -0.381 e. The number of hydrogen-bond donors (Lipinski definition) is 1. The fourth-order valence-electron chi connectivity index (χ4n) is 4.11. The van der Waals surface area contributed by atoms with Gasteiger partial charge >= 0.3 is 0 Å². The van der Waals surface area contributed by atoms with E-state index in [-0.39, 0.29) is 16.1 Å². The Labute approximate surface area is 171 Å². The molecule has 2 fully saturated rings. The van der Waals surface area contributed by atoms with Crippen LogP contribution >= 0.6 is 0 Å². The van der Waals surface area contributed by atoms with Gasteiger partial charge in [-0.1, -0.05) is 12.1 Å². The van der Waals surface area contributed by atoms with Crippen molar-refractivity contribution in [3.8, 4) is 0 Å². The summed E-state index contributed by atoms with van der Waals surface area (Å²) in [5.41, 5.74) is 0.899. The molecule has 4 rings (SSSR count). The van der Waals surface area contributed by atoms with Crippen molar-refractivity contribution in [3.63, 3.8) is 0 Å². The minimum atomic E-state index is -3.46. The zero-order chi connectivity index (χ0) is 20.3. The van der Waals surface area contributed by atoms with Crippen LogP contribution in [0.15, 0.2) is 47.5 Å². The maximum absolute atomic E-state index is 13.4. The minimum absolute atomic E-state index is 0.173. The molecule has 0 bridgehead atoms. The van der Waals surface area contributed by atoms with E-state index in [4.69, 9.17) is 4.74 Å². The van der Waals surface area contributed by atoms with Crippen LogP contribution < -0.4 is 5.32 Å². The second-order valence-corrected chi connectivity index (χ2v) is 9.68. The molecule has 6 nitrogen and oxygen atoms in total. The van der Waals surface area contributed by atoms with Gasteiger partial charge in [-0.15, -0.1) is 0 Å². The summed E-state index contributed by atoms with van der Waals surface area (Å²) in [6.07, 6.45) is 4.88. The lowest BCUT2D eigenvalue weighted by Crippen LogP contribution is -2.40. The number of sulfonamides is 1. The van der Waals surface area contributed by atoms with Gasteiger partial charge in [0, 0.05) is 44.5 Å². The van der Waals surface area contributed by atoms with Gasteiger partial charge < -0.3 is 10.1 Å². The Morgan fingerprint density at radius 2 is 1.76 bits per heavy atom. The van der Waals surface area contributed by atoms with Gasteiger partial charge in [0.2, 0.25) is 10.0 Å². The molecule has 0 aliphatic carbocycles. The Morgan fingerprint density at radius 1 is 1.07 bits per heavy atom. The fraction of sp³-hybridized carbons (Fsp3) is 0.476. The van der Waals surface area contributed by atoms with E-state index in [0.29, 0.717) is 38.7 Å². The van der Waals surface area contributed by atoms with E-state index < -0.39 is 10.0 Å². The average Bonchev–Trinajstić information content (AvgIpc) is 3.30. The molecule has 2 aromatic rings. The molecule has 1 aromatic carbocycles. The largest absolute Gasteiger partial charge is 0.381 e. The number of anilines is 1. The first kappa shape index (κ1) is 20.3. The van der Waals surface area contributed by atoms with Crippen LogP contribution in [-0.4, -0.2) is 50.6 Å². The van der Waals surface area contributed by atoms with Crippen LogP contribution in [0.5, 0.6) is 0 Å². The lowest BCUT2D eigenvalue weighted by molar-refractivity contribution is 0.0543. The average molecular weight is 420 g/mol. The number of nitrogens with one attached hydrogen (secondary N) is 1. The van der Waals surface area contributed by atoms with Gasteiger partial charge in [-0.05, 0) is 55.5 Å². The highest BCUT2D eigenvalue weighted by atomic mass is 32.2. The van der Waals surface area contributed by atoms with Crippen molar-refractivity contribution in [1.29, 1.82) is 0 Å². The van der Waals surface area contributed by atoms with Gasteiger partial charge in [0.1, 0.15) is 16.5 Å². The number of ether oxygens (including phenoxy) is 1. The molecule has 0 amide bonds. The van der Waals surface area contributed by atoms with E-state index in [1.165, 1.54) is 22.6 Å². The monoisotopic (exact) mass is 419 g/mol. The van der Waals surface area contributed by atoms with Crippen LogP contribution in [0.25, 0.3) is 0 Å². The molecule has 2 aliphatic heterocycles. The first-order valence-corrected chi connectivity index (χ1v) is 11.5. The molecule has 29 heavy (non-hydrogen) atoms. The highest BCUT2D eigenvalue weighted by Crippen LogP contribution is 2.35. The van der Waals surface area contributed by atoms with E-state index in [1.54, 1.807) is 12.1 Å². The van der Waals surface area contributed by atoms with Crippen molar-refractivity contribution < 1.29 is 17.5 Å². The summed E-state index contributed by atoms with van der Waals surface area (Å²) in [6, 6.07) is 9.97. The summed E-state index contributed by atoms with van der Waals surface area (Å²) >= 11 is 0. The molecular formula is C21H26FN3O3S. The first-order chi connectivity index (χ1) is 14.0. The van der Waals surface area contributed by atoms with Crippen LogP contribution in [0.4, 0.5) is 10.2 Å². The number of hydrogen-bond acceptors (Lipinski definition) is 5. The van der Waals surface area contributed by atoms with Crippen molar-refractivity contribution in [2.24, 2.45) is 0 Å². The molecule has 1 aromatic heterocycles. The summed E-state index contributed by atoms with van der Waals surface area (Å²) in [5.74, 6) is 0.374. The topological polar surface area (TPSA) is 71.5 Å². The van der Waals surface area contributed by atoms with E-state index >= 15 is 0 Å². The smallest absolute Gasteiger partial charge is 0.244 e. The molecule has 0 saturated carbocycles. The second-order valence-electron chi connectivity index (χ2n) is 7.74. The normalized spacial score (nSPS) is 19.9. The number of pyridine rings is 1. The third-order valence-electron chi connectivity index (χ3n) is 5.95. The van der Waals surface area contributed by atoms with E-state index in [2.05, 4.69) is 10.3 Å². The Balaban J connectivity index is 1.48. The molecule has 156 valence electrons. The van der Waals surface area contributed by atoms with Crippen molar-refractivity contribution >= 4 is 15.8 Å². The molecule has 0 atom stereocenters. The molecule has 3 heterocycles. The summed E-state index contributed by atoms with van der Waals surface area (Å²) < 4.78 is 45.7. The van der Waals surface area contributed by atoms with Gasteiger partial charge in [-0.25, -0.2) is 17.8 Å². The molecule has 8 heteroatoms. The standard InChI is InChI=1S/C21H26FN3O3S/c22-18-5-3-17(4-6-18)21(9-13-28-14-10-21)16-24-20-8-7-19(15-23-20)29(26,27)25-11-1-2-12-25/h3-8,15H,1-2,9-14,16H2,(H,23,24). The molecule has 0 radical (unpaired) electrons. The van der Waals surface area contributed by atoms with Crippen LogP contribution in [0.2, 0.25) is 0 Å². The third-order valence-corrected chi connectivity index (χ3v) is 7.84. The van der Waals surface area contributed by atoms with Crippen LogP contribution in [0.1, 0.15) is 31.2 Å². The summed E-state index contributed by atoms with van der Waals surface area (Å²) in [6.45, 7) is 3.07. The lowest BCUT2D eigenvalue weighted by atomic mass is 9.74. The number of benzene rings is 1. The molecule has 2 saturated heterocycles. The number of halogens is 1. The highest BCUT2D eigenvalue weighted by molar-refractivity contribution is 7.89. The van der Waals surface area contributed by atoms with Crippen LogP contribution in [0, 0.1) is 5.82 Å². The predicted molar refractivity (Wildman–Crippen MR) is 109 cm³/mol. The Hall–Kier alpha value is -2.03. The van der Waals surface area contributed by atoms with Crippen molar-refractivity contribution in [3.05, 3.63) is 54.0 Å². The van der Waals surface area contributed by atoms with E-state index in [0.717, 1.165) is 31.2 Å². The molecule has 1 N–H and O–H groups in total. The highest BCUT2D eigenvalue weighted by Gasteiger charge is 2.34. The molecule has 0 unspecified atom stereocenters. The predicted octanol–water partition coefficient (Wildman–Crippen LogP) is 3.17. The first-order valence-electron chi connectivity index (χ1n) is 10.0. The Kier molecular flexibility index (Phi) is 5.85. The third kappa shape index (κ3) is 4.29. The maximum atomic E-state index is 13.4. The number of aromatic nitrogens is 1. The van der Waals surface area contributed by atoms with Gasteiger partial charge in [0.05, 0.1) is 0 Å². The van der Waals surface area contributed by atoms with Crippen molar-refractivity contribution in [2.75, 3.05) is 38.2 Å². The number of nitrogens with zero attached hydrogens (tertiary/aromatic N) is 2. The quantitative estimate of drug-likeness (QED) is 0.779. The van der Waals surface area contributed by atoms with Gasteiger partial charge in [-0.3, -0.25) is 0 Å². The fourth-order valence-corrected chi connectivity index (χ4v) is 5.57. The Bertz CT molecular complexity index is 921. The van der Waals surface area contributed by atoms with Crippen LogP contribution in [0.3, 0.4) is 0 Å². The summed E-state index contributed by atoms with van der Waals surface area (Å²) in [7, 11) is -3.46. The van der Waals surface area contributed by atoms with Crippen molar-refractivity contribution in [2.45, 2.75) is 36.0 Å². The summed E-state index contributed by atoms with van der Waals surface area (Å²) in [4.78, 5) is 4.56. The zero-order valence-corrected chi connectivity index (χ0v) is 17.1. The number of rotatable bonds is 6. The summed E-state index contributed by atoms with van der Waals surface area (Å²) in [5, 5.41) is 3.35. The SMILES string of the molecule is O=S(=O)(c1ccc(NCC2(c3ccc(F)cc3)CCOCC2)nc1)N1CCCC1. The van der Waals surface area contributed by atoms with Crippen molar-refractivity contribution in [1.82, 2.24) is 9.29 Å². The molecular weight excluding hydrogens is 393 g/mol. The Morgan fingerprint density at radius 3 is 2.38 bits per heavy atom. The zero-order valence-electron chi connectivity index (χ0n) is 16.3. The second kappa shape index (κ2) is 8.38.